The van der Waals surface area contributed by atoms with Gasteiger partial charge in [-0.2, -0.15) is 0 Å². The molecule has 0 aliphatic carbocycles. The smallest absolute Gasteiger partial charge is 0.306 e. The van der Waals surface area contributed by atoms with Gasteiger partial charge < -0.3 is 20.3 Å². The Morgan fingerprint density at radius 3 is 1.13 bits per heavy atom. The van der Waals surface area contributed by atoms with Gasteiger partial charge in [-0.1, -0.05) is 254 Å². The number of unbranched alkanes of at least 4 members (excludes halogenated alkanes) is 30. The van der Waals surface area contributed by atoms with Gasteiger partial charge in [0, 0.05) is 6.42 Å². The monoisotopic (exact) mass is 978 g/mol. The summed E-state index contributed by atoms with van der Waals surface area (Å²) >= 11 is 0. The van der Waals surface area contributed by atoms with E-state index in [4.69, 9.17) is 4.74 Å². The largest absolute Gasteiger partial charge is 0.462 e. The molecule has 0 spiro atoms. The number of hydrogen-bond donors (Lipinski definition) is 3. The summed E-state index contributed by atoms with van der Waals surface area (Å²) in [5.74, 6) is -0.504. The zero-order chi connectivity index (χ0) is 50.9. The summed E-state index contributed by atoms with van der Waals surface area (Å²) in [5.41, 5.74) is 0. The van der Waals surface area contributed by atoms with Crippen LogP contribution in [0.15, 0.2) is 72.9 Å². The quantitative estimate of drug-likeness (QED) is 0.0321. The highest BCUT2D eigenvalue weighted by molar-refractivity contribution is 5.77. The van der Waals surface area contributed by atoms with Crippen LogP contribution >= 0.6 is 0 Å². The Kier molecular flexibility index (Phi) is 55.0. The van der Waals surface area contributed by atoms with Crippen molar-refractivity contribution in [2.45, 2.75) is 315 Å². The van der Waals surface area contributed by atoms with Crippen molar-refractivity contribution >= 4 is 11.9 Å². The molecule has 406 valence electrons. The molecule has 3 unspecified atom stereocenters. The molecule has 0 aromatic rings. The Bertz CT molecular complexity index is 1280. The number of aliphatic hydroxyl groups is 2. The molecule has 0 fully saturated rings. The van der Waals surface area contributed by atoms with Crippen LogP contribution in [0.4, 0.5) is 0 Å². The van der Waals surface area contributed by atoms with E-state index in [0.717, 1.165) is 103 Å². The number of carbonyl (C=O) groups is 2. The van der Waals surface area contributed by atoms with E-state index in [1.807, 2.05) is 0 Å². The van der Waals surface area contributed by atoms with Crippen molar-refractivity contribution in [1.82, 2.24) is 5.32 Å². The third kappa shape index (κ3) is 51.6. The van der Waals surface area contributed by atoms with E-state index in [0.29, 0.717) is 19.3 Å². The van der Waals surface area contributed by atoms with Crippen molar-refractivity contribution in [3.8, 4) is 0 Å². The third-order valence-electron chi connectivity index (χ3n) is 13.5. The molecule has 0 aromatic carbocycles. The minimum atomic E-state index is -0.800. The number of nitrogens with one attached hydrogen (secondary N) is 1. The molecule has 6 heteroatoms. The van der Waals surface area contributed by atoms with Crippen molar-refractivity contribution in [2.24, 2.45) is 0 Å². The van der Waals surface area contributed by atoms with Crippen LogP contribution in [0.3, 0.4) is 0 Å². The number of aliphatic hydroxyl groups excluding tert-OH is 2. The fraction of sp³-hybridized carbons (Fsp3) is 0.781. The van der Waals surface area contributed by atoms with Crippen LogP contribution < -0.4 is 5.32 Å². The zero-order valence-electron chi connectivity index (χ0n) is 46.4. The lowest BCUT2D eigenvalue weighted by Gasteiger charge is -2.24. The van der Waals surface area contributed by atoms with Crippen molar-refractivity contribution in [3.63, 3.8) is 0 Å². The van der Waals surface area contributed by atoms with Crippen LogP contribution in [-0.2, 0) is 14.3 Å². The highest BCUT2D eigenvalue weighted by atomic mass is 16.5. The molecule has 0 radical (unpaired) electrons. The van der Waals surface area contributed by atoms with E-state index in [9.17, 15) is 19.8 Å². The van der Waals surface area contributed by atoms with Gasteiger partial charge >= 0.3 is 5.97 Å². The Morgan fingerprint density at radius 2 is 0.729 bits per heavy atom. The van der Waals surface area contributed by atoms with E-state index < -0.39 is 18.2 Å². The molecule has 0 aliphatic heterocycles. The normalized spacial score (nSPS) is 13.6. The maximum atomic E-state index is 13.3. The van der Waals surface area contributed by atoms with Gasteiger partial charge in [0.1, 0.15) is 6.10 Å². The lowest BCUT2D eigenvalue weighted by molar-refractivity contribution is -0.151. The first kappa shape index (κ1) is 67.3. The Balaban J connectivity index is 4.63. The Hall–Kier alpha value is -2.70. The molecule has 0 saturated heterocycles. The number of amides is 1. The zero-order valence-corrected chi connectivity index (χ0v) is 46.4. The van der Waals surface area contributed by atoms with Crippen LogP contribution in [0, 0.1) is 0 Å². The van der Waals surface area contributed by atoms with E-state index in [-0.39, 0.29) is 24.9 Å². The lowest BCUT2D eigenvalue weighted by atomic mass is 10.0. The summed E-state index contributed by atoms with van der Waals surface area (Å²) in [6, 6.07) is -0.716. The number of rotatable bonds is 54. The highest BCUT2D eigenvalue weighted by Gasteiger charge is 2.24. The minimum Gasteiger partial charge on any atom is -0.462 e. The van der Waals surface area contributed by atoms with Gasteiger partial charge in [0.05, 0.1) is 25.2 Å². The van der Waals surface area contributed by atoms with Crippen molar-refractivity contribution < 1.29 is 24.5 Å². The lowest BCUT2D eigenvalue weighted by Crippen LogP contribution is -2.46. The summed E-state index contributed by atoms with van der Waals surface area (Å²) in [6.45, 7) is 6.45. The van der Waals surface area contributed by atoms with E-state index in [2.05, 4.69) is 99.0 Å². The van der Waals surface area contributed by atoms with Crippen molar-refractivity contribution in [2.75, 3.05) is 6.61 Å². The van der Waals surface area contributed by atoms with Crippen LogP contribution in [0.5, 0.6) is 0 Å². The maximum Gasteiger partial charge on any atom is 0.306 e. The first-order chi connectivity index (χ1) is 34.5. The molecule has 0 heterocycles. The van der Waals surface area contributed by atoms with Gasteiger partial charge in [-0.05, 0) is 103 Å². The van der Waals surface area contributed by atoms with Gasteiger partial charge in [-0.3, -0.25) is 9.59 Å². The molecule has 1 amide bonds. The standard InChI is InChI=1S/C64H115NO5/c1-4-7-10-13-16-19-22-25-28-30-31-33-36-39-42-45-48-51-54-57-64(69)70-60(55-52-49-46-43-40-37-35-32-29-26-23-20-17-14-11-8-5-2)58-63(68)65-61(59-66)62(67)56-53-50-47-44-41-38-34-27-24-21-18-15-12-9-6-3/h16-17,19-20,25-26,28-29,31,33,35,37,60-62,66-67H,4-15,18,21-24,27,30,32,34,36,38-59H2,1-3H3,(H,65,68)/b19-16-,20-17-,28-25-,29-26-,33-31-,37-35-. The van der Waals surface area contributed by atoms with Gasteiger partial charge in [-0.25, -0.2) is 0 Å². The predicted octanol–water partition coefficient (Wildman–Crippen LogP) is 18.9. The molecular weight excluding hydrogens is 863 g/mol. The average Bonchev–Trinajstić information content (AvgIpc) is 3.35. The number of carbonyl (C=O) groups excluding carboxylic acids is 2. The second-order valence-electron chi connectivity index (χ2n) is 20.4. The molecule has 0 bridgehead atoms. The molecule has 3 N–H and O–H groups in total. The Morgan fingerprint density at radius 1 is 0.414 bits per heavy atom. The topological polar surface area (TPSA) is 95.9 Å². The Labute approximate surface area is 434 Å². The van der Waals surface area contributed by atoms with E-state index in [1.54, 1.807) is 0 Å². The second-order valence-corrected chi connectivity index (χ2v) is 20.4. The summed E-state index contributed by atoms with van der Waals surface area (Å²) in [7, 11) is 0. The van der Waals surface area contributed by atoms with Crippen molar-refractivity contribution in [1.29, 1.82) is 0 Å². The third-order valence-corrected chi connectivity index (χ3v) is 13.5. The fourth-order valence-electron chi connectivity index (χ4n) is 8.92. The molecule has 0 aliphatic rings. The number of ether oxygens (including phenoxy) is 1. The summed E-state index contributed by atoms with van der Waals surface area (Å²) in [4.78, 5) is 26.3. The summed E-state index contributed by atoms with van der Waals surface area (Å²) in [5, 5.41) is 23.9. The molecular formula is C64H115NO5. The van der Waals surface area contributed by atoms with Gasteiger partial charge in [0.2, 0.25) is 5.91 Å². The molecule has 0 saturated carbocycles. The molecule has 6 nitrogen and oxygen atoms in total. The molecule has 3 atom stereocenters. The van der Waals surface area contributed by atoms with Crippen LogP contribution in [0.1, 0.15) is 297 Å². The predicted molar refractivity (Wildman–Crippen MR) is 305 cm³/mol. The fourth-order valence-corrected chi connectivity index (χ4v) is 8.92. The summed E-state index contributed by atoms with van der Waals surface area (Å²) < 4.78 is 5.96. The van der Waals surface area contributed by atoms with Crippen LogP contribution in [0.2, 0.25) is 0 Å². The highest BCUT2D eigenvalue weighted by Crippen LogP contribution is 2.18. The summed E-state index contributed by atoms with van der Waals surface area (Å²) in [6.07, 6.45) is 73.9. The van der Waals surface area contributed by atoms with E-state index in [1.165, 1.54) is 148 Å². The molecule has 70 heavy (non-hydrogen) atoms. The first-order valence-electron chi connectivity index (χ1n) is 30.2. The molecule has 0 rings (SSSR count). The second kappa shape index (κ2) is 57.2. The first-order valence-corrected chi connectivity index (χ1v) is 30.2. The minimum absolute atomic E-state index is 0.0556. The molecule has 0 aromatic heterocycles. The number of hydrogen-bond acceptors (Lipinski definition) is 5. The van der Waals surface area contributed by atoms with Gasteiger partial charge in [-0.15, -0.1) is 0 Å². The SMILES string of the molecule is CCCCC/C=C\C/C=C\C/C=C\CCCCCCCCC(=O)OC(CCCCCC/C=C\C/C=C\C/C=C\CCCCC)CC(=O)NC(CO)C(O)CCCCCCCCCCCCCCCCC. The average molecular weight is 979 g/mol. The van der Waals surface area contributed by atoms with Crippen LogP contribution in [-0.4, -0.2) is 46.9 Å². The number of allylic oxidation sites excluding steroid dienone is 12. The maximum absolute atomic E-state index is 13.3. The van der Waals surface area contributed by atoms with Gasteiger partial charge in [0.15, 0.2) is 0 Å². The van der Waals surface area contributed by atoms with Crippen molar-refractivity contribution in [3.05, 3.63) is 72.9 Å². The van der Waals surface area contributed by atoms with E-state index >= 15 is 0 Å². The van der Waals surface area contributed by atoms with Crippen LogP contribution in [0.25, 0.3) is 0 Å². The van der Waals surface area contributed by atoms with Gasteiger partial charge in [0.25, 0.3) is 0 Å². The number of esters is 1.